The van der Waals surface area contributed by atoms with Gasteiger partial charge in [0.2, 0.25) is 0 Å². The highest BCUT2D eigenvalue weighted by Gasteiger charge is 2.09. The van der Waals surface area contributed by atoms with Crippen LogP contribution in [-0.2, 0) is 6.61 Å². The summed E-state index contributed by atoms with van der Waals surface area (Å²) >= 11 is 3.49. The Hall–Kier alpha value is -3.64. The second-order valence-corrected chi connectivity index (χ2v) is 7.96. The van der Waals surface area contributed by atoms with Gasteiger partial charge in [-0.25, -0.2) is 5.43 Å². The van der Waals surface area contributed by atoms with Crippen LogP contribution in [0, 0.1) is 0 Å². The maximum atomic E-state index is 12.4. The summed E-state index contributed by atoms with van der Waals surface area (Å²) in [5.41, 5.74) is 4.92. The number of carbonyl (C=O) groups is 1. The molecule has 0 heterocycles. The molecule has 4 aromatic carbocycles. The molecule has 0 aromatic heterocycles. The van der Waals surface area contributed by atoms with Crippen molar-refractivity contribution in [1.82, 2.24) is 5.43 Å². The molecule has 0 spiro atoms. The zero-order valence-electron chi connectivity index (χ0n) is 17.4. The molecule has 0 radical (unpaired) electrons. The smallest absolute Gasteiger partial charge is 0.271 e. The van der Waals surface area contributed by atoms with Crippen LogP contribution in [-0.4, -0.2) is 19.2 Å². The van der Waals surface area contributed by atoms with E-state index in [4.69, 9.17) is 9.47 Å². The van der Waals surface area contributed by atoms with Crippen LogP contribution in [0.2, 0.25) is 0 Å². The van der Waals surface area contributed by atoms with Gasteiger partial charge in [0.1, 0.15) is 18.1 Å². The third kappa shape index (κ3) is 5.15. The lowest BCUT2D eigenvalue weighted by Gasteiger charge is -2.12. The molecule has 0 unspecified atom stereocenters. The molecule has 1 amide bonds. The van der Waals surface area contributed by atoms with Crippen molar-refractivity contribution in [3.05, 3.63) is 106 Å². The number of halogens is 1. The second kappa shape index (κ2) is 10.1. The van der Waals surface area contributed by atoms with Crippen LogP contribution >= 0.6 is 15.9 Å². The van der Waals surface area contributed by atoms with Gasteiger partial charge < -0.3 is 9.47 Å². The van der Waals surface area contributed by atoms with Crippen LogP contribution in [0.3, 0.4) is 0 Å². The van der Waals surface area contributed by atoms with Crippen LogP contribution in [0.15, 0.2) is 94.5 Å². The van der Waals surface area contributed by atoms with Crippen molar-refractivity contribution in [2.24, 2.45) is 5.10 Å². The fraction of sp³-hybridized carbons (Fsp3) is 0.0769. The zero-order chi connectivity index (χ0) is 22.3. The number of carbonyl (C=O) groups excluding carboxylic acids is 1. The highest BCUT2D eigenvalue weighted by atomic mass is 79.9. The predicted octanol–water partition coefficient (Wildman–Crippen LogP) is 5.95. The summed E-state index contributed by atoms with van der Waals surface area (Å²) in [5, 5.41) is 6.25. The predicted molar refractivity (Wildman–Crippen MR) is 130 cm³/mol. The van der Waals surface area contributed by atoms with Gasteiger partial charge in [-0.3, -0.25) is 4.79 Å². The topological polar surface area (TPSA) is 59.9 Å². The highest BCUT2D eigenvalue weighted by Crippen LogP contribution is 2.27. The minimum Gasteiger partial charge on any atom is -0.497 e. The Bertz CT molecular complexity index is 1270. The van der Waals surface area contributed by atoms with Gasteiger partial charge >= 0.3 is 0 Å². The highest BCUT2D eigenvalue weighted by molar-refractivity contribution is 9.10. The molecule has 0 atom stereocenters. The van der Waals surface area contributed by atoms with Crippen LogP contribution in [0.1, 0.15) is 21.5 Å². The first-order valence-corrected chi connectivity index (χ1v) is 10.8. The van der Waals surface area contributed by atoms with E-state index >= 15 is 0 Å². The van der Waals surface area contributed by atoms with Gasteiger partial charge in [-0.15, -0.1) is 0 Å². The quantitative estimate of drug-likeness (QED) is 0.258. The number of hydrogen-bond acceptors (Lipinski definition) is 4. The summed E-state index contributed by atoms with van der Waals surface area (Å²) in [7, 11) is 1.58. The third-order valence-electron chi connectivity index (χ3n) is 4.93. The van der Waals surface area contributed by atoms with Crippen LogP contribution in [0.5, 0.6) is 11.5 Å². The lowest BCUT2D eigenvalue weighted by atomic mass is 10.0. The maximum Gasteiger partial charge on any atom is 0.271 e. The molecule has 0 aliphatic heterocycles. The minimum atomic E-state index is -0.305. The van der Waals surface area contributed by atoms with Crippen molar-refractivity contribution in [1.29, 1.82) is 0 Å². The summed E-state index contributed by atoms with van der Waals surface area (Å²) in [5.74, 6) is 1.07. The first-order chi connectivity index (χ1) is 15.6. The number of amides is 1. The van der Waals surface area contributed by atoms with Crippen molar-refractivity contribution in [3.63, 3.8) is 0 Å². The maximum absolute atomic E-state index is 12.4. The number of hydrogen-bond donors (Lipinski definition) is 1. The number of nitrogens with zero attached hydrogens (tertiary/aromatic N) is 1. The molecule has 32 heavy (non-hydrogen) atoms. The number of fused-ring (bicyclic) bond motifs is 1. The van der Waals surface area contributed by atoms with E-state index in [2.05, 4.69) is 26.5 Å². The van der Waals surface area contributed by atoms with Gasteiger partial charge in [-0.2, -0.15) is 5.10 Å². The Morgan fingerprint density at radius 3 is 2.59 bits per heavy atom. The number of rotatable bonds is 7. The summed E-state index contributed by atoms with van der Waals surface area (Å²) in [6.45, 7) is 0.414. The van der Waals surface area contributed by atoms with E-state index in [1.807, 2.05) is 60.7 Å². The van der Waals surface area contributed by atoms with Crippen molar-refractivity contribution >= 4 is 38.8 Å². The summed E-state index contributed by atoms with van der Waals surface area (Å²) in [4.78, 5) is 12.4. The molecule has 0 fully saturated rings. The lowest BCUT2D eigenvalue weighted by molar-refractivity contribution is 0.0955. The number of benzene rings is 4. The van der Waals surface area contributed by atoms with Crippen LogP contribution < -0.4 is 14.9 Å². The molecule has 0 bridgehead atoms. The fourth-order valence-electron chi connectivity index (χ4n) is 3.28. The van der Waals surface area contributed by atoms with Gasteiger partial charge in [0.15, 0.2) is 0 Å². The SMILES string of the molecule is COc1ccc(C(=O)N/N=C\c2c(OCc3cccc(Br)c3)ccc3ccccc23)cc1. The largest absolute Gasteiger partial charge is 0.497 e. The Kier molecular flexibility index (Phi) is 6.82. The fourth-order valence-corrected chi connectivity index (χ4v) is 3.73. The number of ether oxygens (including phenoxy) is 2. The molecule has 0 saturated carbocycles. The van der Waals surface area contributed by atoms with Crippen molar-refractivity contribution in [3.8, 4) is 11.5 Å². The Balaban J connectivity index is 1.56. The Labute approximate surface area is 194 Å². The minimum absolute atomic E-state index is 0.305. The van der Waals surface area contributed by atoms with Crippen molar-refractivity contribution in [2.75, 3.05) is 7.11 Å². The molecule has 0 aliphatic carbocycles. The van der Waals surface area contributed by atoms with E-state index in [9.17, 15) is 4.79 Å². The van der Waals surface area contributed by atoms with E-state index in [0.717, 1.165) is 26.4 Å². The molecule has 6 heteroatoms. The molecular weight excluding hydrogens is 468 g/mol. The van der Waals surface area contributed by atoms with E-state index in [-0.39, 0.29) is 5.91 Å². The Morgan fingerprint density at radius 2 is 1.81 bits per heavy atom. The van der Waals surface area contributed by atoms with Gasteiger partial charge in [0.25, 0.3) is 5.91 Å². The zero-order valence-corrected chi connectivity index (χ0v) is 19.0. The number of nitrogens with one attached hydrogen (secondary N) is 1. The van der Waals surface area contributed by atoms with Crippen molar-refractivity contribution < 1.29 is 14.3 Å². The normalized spacial score (nSPS) is 10.9. The Morgan fingerprint density at radius 1 is 1.00 bits per heavy atom. The number of hydrazone groups is 1. The summed E-state index contributed by atoms with van der Waals surface area (Å²) in [6, 6.07) is 26.7. The second-order valence-electron chi connectivity index (χ2n) is 7.04. The van der Waals surface area contributed by atoms with Gasteiger partial charge in [0.05, 0.1) is 13.3 Å². The van der Waals surface area contributed by atoms with E-state index in [1.165, 1.54) is 0 Å². The summed E-state index contributed by atoms with van der Waals surface area (Å²) in [6.07, 6.45) is 1.62. The molecule has 160 valence electrons. The molecule has 4 rings (SSSR count). The summed E-state index contributed by atoms with van der Waals surface area (Å²) < 4.78 is 12.2. The first-order valence-electron chi connectivity index (χ1n) is 10.0. The van der Waals surface area contributed by atoms with Gasteiger partial charge in [-0.05, 0) is 58.8 Å². The molecule has 4 aromatic rings. The number of methoxy groups -OCH3 is 1. The molecule has 0 aliphatic rings. The lowest BCUT2D eigenvalue weighted by Crippen LogP contribution is -2.17. The molecule has 5 nitrogen and oxygen atoms in total. The van der Waals surface area contributed by atoms with Crippen LogP contribution in [0.25, 0.3) is 10.8 Å². The standard InChI is InChI=1S/C26H21BrN2O3/c1-31-22-12-9-20(10-13-22)26(30)29-28-16-24-23-8-3-2-6-19(23)11-14-25(24)32-17-18-5-4-7-21(27)15-18/h2-16H,17H2,1H3,(H,29,30)/b28-16-. The average Bonchev–Trinajstić information content (AvgIpc) is 2.83. The van der Waals surface area contributed by atoms with E-state index in [0.29, 0.717) is 23.7 Å². The molecule has 0 saturated heterocycles. The van der Waals surface area contributed by atoms with Crippen molar-refractivity contribution in [2.45, 2.75) is 6.61 Å². The third-order valence-corrected chi connectivity index (χ3v) is 5.42. The molecular formula is C26H21BrN2O3. The van der Waals surface area contributed by atoms with E-state index in [1.54, 1.807) is 37.6 Å². The van der Waals surface area contributed by atoms with Gasteiger partial charge in [0, 0.05) is 15.6 Å². The monoisotopic (exact) mass is 488 g/mol. The van der Waals surface area contributed by atoms with Crippen LogP contribution in [0.4, 0.5) is 0 Å². The van der Waals surface area contributed by atoms with Gasteiger partial charge in [-0.1, -0.05) is 58.4 Å². The van der Waals surface area contributed by atoms with E-state index < -0.39 is 0 Å². The molecule has 1 N–H and O–H groups in total. The average molecular weight is 489 g/mol. The first kappa shape index (κ1) is 21.6.